The third-order valence-electron chi connectivity index (χ3n) is 3.44. The SMILES string of the molecule is CCN1CCN([n+]2cc(NC(=O)CCSC(C)=O)on2)CC1. The summed E-state index contributed by atoms with van der Waals surface area (Å²) in [6, 6.07) is 0. The van der Waals surface area contributed by atoms with Gasteiger partial charge in [0.05, 0.1) is 17.9 Å². The average molecular weight is 328 g/mol. The van der Waals surface area contributed by atoms with Crippen LogP contribution in [0, 0.1) is 0 Å². The Morgan fingerprint density at radius 3 is 2.77 bits per heavy atom. The van der Waals surface area contributed by atoms with Gasteiger partial charge >= 0.3 is 5.88 Å². The fraction of sp³-hybridized carbons (Fsp3) is 0.692. The molecular weight excluding hydrogens is 306 g/mol. The lowest BCUT2D eigenvalue weighted by Crippen LogP contribution is -2.65. The summed E-state index contributed by atoms with van der Waals surface area (Å²) < 4.78 is 5.12. The maximum atomic E-state index is 11.7. The molecule has 8 nitrogen and oxygen atoms in total. The predicted molar refractivity (Wildman–Crippen MR) is 83.1 cm³/mol. The Balaban J connectivity index is 1.79. The Labute approximate surface area is 133 Å². The van der Waals surface area contributed by atoms with Gasteiger partial charge in [-0.2, -0.15) is 5.01 Å². The Hall–Kier alpha value is -1.61. The number of aromatic nitrogens is 2. The van der Waals surface area contributed by atoms with Crippen LogP contribution >= 0.6 is 11.8 Å². The van der Waals surface area contributed by atoms with Crippen LogP contribution in [0.1, 0.15) is 20.3 Å². The van der Waals surface area contributed by atoms with Crippen LogP contribution in [0.15, 0.2) is 10.7 Å². The van der Waals surface area contributed by atoms with Gasteiger partial charge in [-0.15, -0.1) is 0 Å². The molecule has 0 radical (unpaired) electrons. The number of carbonyl (C=O) groups is 2. The molecule has 0 aromatic carbocycles. The summed E-state index contributed by atoms with van der Waals surface area (Å²) in [7, 11) is 0. The van der Waals surface area contributed by atoms with Gasteiger partial charge in [-0.05, 0) is 6.54 Å². The molecule has 1 amide bonds. The standard InChI is InChI=1S/C13H21N5O3S/c1-3-16-5-7-17(8-6-16)18-10-13(21-15-18)14-12(20)4-9-22-11(2)19/h10H,3-9H2,1-2H3/p+1. The van der Waals surface area contributed by atoms with Gasteiger partial charge in [0.2, 0.25) is 11.2 Å². The average Bonchev–Trinajstić information content (AvgIpc) is 2.95. The number of nitrogens with zero attached hydrogens (tertiary/aromatic N) is 4. The molecule has 1 aromatic heterocycles. The molecular formula is C13H22N5O3S+. The molecule has 0 bridgehead atoms. The minimum Gasteiger partial charge on any atom is -0.300 e. The number of hydrogen-bond acceptors (Lipinski definition) is 7. The normalized spacial score (nSPS) is 15.8. The second kappa shape index (κ2) is 8.14. The number of amides is 1. The lowest BCUT2D eigenvalue weighted by atomic mass is 10.3. The molecule has 22 heavy (non-hydrogen) atoms. The summed E-state index contributed by atoms with van der Waals surface area (Å²) in [5, 5.41) is 8.65. The van der Waals surface area contributed by atoms with E-state index in [1.807, 2.05) is 0 Å². The zero-order chi connectivity index (χ0) is 15.9. The minimum absolute atomic E-state index is 0.0107. The van der Waals surface area contributed by atoms with Crippen LogP contribution in [0.3, 0.4) is 0 Å². The van der Waals surface area contributed by atoms with E-state index in [1.54, 1.807) is 11.0 Å². The number of anilines is 1. The molecule has 122 valence electrons. The number of nitrogens with one attached hydrogen (secondary N) is 1. The van der Waals surface area contributed by atoms with Gasteiger partial charge in [0.15, 0.2) is 5.12 Å². The third kappa shape index (κ3) is 4.99. The van der Waals surface area contributed by atoms with Crippen LogP contribution in [-0.2, 0) is 9.59 Å². The highest BCUT2D eigenvalue weighted by Gasteiger charge is 2.25. The maximum absolute atomic E-state index is 11.7. The second-order valence-electron chi connectivity index (χ2n) is 5.01. The van der Waals surface area contributed by atoms with Crippen molar-refractivity contribution in [3.8, 4) is 0 Å². The van der Waals surface area contributed by atoms with Crippen molar-refractivity contribution in [2.75, 3.05) is 48.8 Å². The molecule has 1 aliphatic heterocycles. The molecule has 0 atom stereocenters. The van der Waals surface area contributed by atoms with Crippen molar-refractivity contribution in [1.29, 1.82) is 0 Å². The molecule has 1 saturated heterocycles. The van der Waals surface area contributed by atoms with Crippen molar-refractivity contribution in [3.05, 3.63) is 6.20 Å². The molecule has 1 aromatic rings. The summed E-state index contributed by atoms with van der Waals surface area (Å²) in [5.74, 6) is 0.595. The lowest BCUT2D eigenvalue weighted by Gasteiger charge is -2.28. The Morgan fingerprint density at radius 2 is 2.14 bits per heavy atom. The number of likely N-dealkylation sites (N-methyl/N-ethyl adjacent to an activating group) is 1. The van der Waals surface area contributed by atoms with Crippen molar-refractivity contribution in [2.45, 2.75) is 20.3 Å². The van der Waals surface area contributed by atoms with Crippen molar-refractivity contribution >= 4 is 28.7 Å². The molecule has 2 heterocycles. The van der Waals surface area contributed by atoms with Gasteiger partial charge in [0.25, 0.3) is 6.20 Å². The van der Waals surface area contributed by atoms with E-state index >= 15 is 0 Å². The Kier molecular flexibility index (Phi) is 6.20. The van der Waals surface area contributed by atoms with Gasteiger partial charge in [-0.1, -0.05) is 18.7 Å². The van der Waals surface area contributed by atoms with Crippen LogP contribution in [0.5, 0.6) is 0 Å². The van der Waals surface area contributed by atoms with E-state index in [2.05, 4.69) is 27.4 Å². The molecule has 0 spiro atoms. The van der Waals surface area contributed by atoms with Crippen LogP contribution in [0.4, 0.5) is 5.88 Å². The van der Waals surface area contributed by atoms with Gasteiger partial charge < -0.3 is 0 Å². The first-order valence-corrected chi connectivity index (χ1v) is 8.36. The van der Waals surface area contributed by atoms with Crippen molar-refractivity contribution < 1.29 is 18.9 Å². The zero-order valence-electron chi connectivity index (χ0n) is 12.9. The molecule has 1 N–H and O–H groups in total. The van der Waals surface area contributed by atoms with Crippen molar-refractivity contribution in [3.63, 3.8) is 0 Å². The summed E-state index contributed by atoms with van der Waals surface area (Å²) in [6.07, 6.45) is 1.93. The van der Waals surface area contributed by atoms with Crippen LogP contribution in [0.25, 0.3) is 0 Å². The number of thioether (sulfide) groups is 1. The summed E-state index contributed by atoms with van der Waals surface area (Å²) in [6.45, 7) is 8.40. The molecule has 1 fully saturated rings. The minimum atomic E-state index is -0.187. The summed E-state index contributed by atoms with van der Waals surface area (Å²) >= 11 is 1.14. The first-order valence-electron chi connectivity index (χ1n) is 7.38. The first kappa shape index (κ1) is 16.8. The van der Waals surface area contributed by atoms with Crippen LogP contribution in [0.2, 0.25) is 0 Å². The summed E-state index contributed by atoms with van der Waals surface area (Å²) in [5.41, 5.74) is 0. The maximum Gasteiger partial charge on any atom is 0.305 e. The fourth-order valence-corrected chi connectivity index (χ4v) is 2.75. The van der Waals surface area contributed by atoms with E-state index < -0.39 is 0 Å². The predicted octanol–water partition coefficient (Wildman–Crippen LogP) is -0.156. The molecule has 9 heteroatoms. The van der Waals surface area contributed by atoms with Crippen molar-refractivity contribution in [1.82, 2.24) is 10.2 Å². The number of piperazine rings is 1. The second-order valence-corrected chi connectivity index (χ2v) is 6.28. The molecule has 2 rings (SSSR count). The zero-order valence-corrected chi connectivity index (χ0v) is 13.8. The number of rotatable bonds is 6. The number of carbonyl (C=O) groups excluding carboxylic acids is 2. The van der Waals surface area contributed by atoms with Gasteiger partial charge in [0, 0.05) is 32.2 Å². The fourth-order valence-electron chi connectivity index (χ4n) is 2.17. The first-order chi connectivity index (χ1) is 10.6. The molecule has 0 saturated carbocycles. The monoisotopic (exact) mass is 328 g/mol. The highest BCUT2D eigenvalue weighted by Crippen LogP contribution is 2.06. The molecule has 0 unspecified atom stereocenters. The van der Waals surface area contributed by atoms with Crippen molar-refractivity contribution in [2.24, 2.45) is 0 Å². The van der Waals surface area contributed by atoms with Gasteiger partial charge in [0.1, 0.15) is 0 Å². The topological polar surface area (TPSA) is 82.6 Å². The lowest BCUT2D eigenvalue weighted by molar-refractivity contribution is -0.759. The number of hydrogen-bond donors (Lipinski definition) is 1. The van der Waals surface area contributed by atoms with E-state index in [-0.39, 0.29) is 17.4 Å². The molecule has 0 aliphatic carbocycles. The van der Waals surface area contributed by atoms with Gasteiger partial charge in [-0.3, -0.25) is 24.3 Å². The highest BCUT2D eigenvalue weighted by atomic mass is 32.2. The van der Waals surface area contributed by atoms with E-state index in [0.717, 1.165) is 44.5 Å². The van der Waals surface area contributed by atoms with Crippen LogP contribution in [-0.4, -0.2) is 59.7 Å². The summed E-state index contributed by atoms with van der Waals surface area (Å²) in [4.78, 5) is 26.5. The highest BCUT2D eigenvalue weighted by molar-refractivity contribution is 8.13. The van der Waals surface area contributed by atoms with E-state index in [1.165, 1.54) is 6.92 Å². The van der Waals surface area contributed by atoms with Gasteiger partial charge in [-0.25, -0.2) is 0 Å². The van der Waals surface area contributed by atoms with Crippen LogP contribution < -0.4 is 15.1 Å². The molecule has 1 aliphatic rings. The largest absolute Gasteiger partial charge is 0.305 e. The Bertz CT molecular complexity index is 514. The third-order valence-corrected chi connectivity index (χ3v) is 4.25. The quantitative estimate of drug-likeness (QED) is 0.727. The van der Waals surface area contributed by atoms with E-state index in [0.29, 0.717) is 11.6 Å². The van der Waals surface area contributed by atoms with E-state index in [9.17, 15) is 9.59 Å². The smallest absolute Gasteiger partial charge is 0.300 e. The van der Waals surface area contributed by atoms with E-state index in [4.69, 9.17) is 4.52 Å². The Morgan fingerprint density at radius 1 is 1.41 bits per heavy atom.